The Morgan fingerprint density at radius 3 is 2.75 bits per heavy atom. The van der Waals surface area contributed by atoms with Gasteiger partial charge in [0.15, 0.2) is 0 Å². The smallest absolute Gasteiger partial charge is 0.271 e. The van der Waals surface area contributed by atoms with Gasteiger partial charge in [-0.2, -0.15) is 0 Å². The molecule has 0 atom stereocenters. The first-order valence-electron chi connectivity index (χ1n) is 7.77. The van der Waals surface area contributed by atoms with Crippen LogP contribution in [0.2, 0.25) is 0 Å². The second-order valence-electron chi connectivity index (χ2n) is 5.16. The monoisotopic (exact) mass is 332 g/mol. The van der Waals surface area contributed by atoms with E-state index in [4.69, 9.17) is 4.74 Å². The number of anilines is 1. The van der Waals surface area contributed by atoms with E-state index in [0.29, 0.717) is 31.0 Å². The van der Waals surface area contributed by atoms with Gasteiger partial charge in [0.05, 0.1) is 12.4 Å². The van der Waals surface area contributed by atoms with Gasteiger partial charge in [0, 0.05) is 26.8 Å². The molecule has 0 bridgehead atoms. The molecule has 1 aromatic carbocycles. The summed E-state index contributed by atoms with van der Waals surface area (Å²) in [7, 11) is 1.65. The van der Waals surface area contributed by atoms with Crippen molar-refractivity contribution in [3.05, 3.63) is 53.7 Å². The van der Waals surface area contributed by atoms with Crippen LogP contribution in [-0.2, 0) is 11.2 Å². The number of amides is 1. The van der Waals surface area contributed by atoms with Gasteiger partial charge in [-0.15, -0.1) is 0 Å². The summed E-state index contributed by atoms with van der Waals surface area (Å²) in [6, 6.07) is 6.51. The van der Waals surface area contributed by atoms with Crippen molar-refractivity contribution in [2.45, 2.75) is 12.8 Å². The molecular formula is C17H21FN4O2. The number of aromatic nitrogens is 2. The summed E-state index contributed by atoms with van der Waals surface area (Å²) in [6.45, 7) is 1.72. The molecule has 1 heterocycles. The minimum Gasteiger partial charge on any atom is -0.385 e. The van der Waals surface area contributed by atoms with Crippen molar-refractivity contribution in [1.29, 1.82) is 0 Å². The first-order chi connectivity index (χ1) is 11.7. The minimum atomic E-state index is -0.329. The Morgan fingerprint density at radius 2 is 2.04 bits per heavy atom. The van der Waals surface area contributed by atoms with Crippen molar-refractivity contribution < 1.29 is 13.9 Å². The number of hydrogen-bond acceptors (Lipinski definition) is 5. The standard InChI is InChI=1S/C17H21FN4O2/c1-24-10-4-8-19-16-12-21-15(11-22-16)17(23)20-9-7-13-5-2-3-6-14(13)18/h2-3,5-6,11-12H,4,7-10H2,1H3,(H,19,22)(H,20,23). The number of carbonyl (C=O) groups is 1. The molecule has 7 heteroatoms. The van der Waals surface area contributed by atoms with Gasteiger partial charge in [0.25, 0.3) is 5.91 Å². The van der Waals surface area contributed by atoms with E-state index in [1.165, 1.54) is 18.5 Å². The Kier molecular flexibility index (Phi) is 7.10. The molecule has 0 aliphatic carbocycles. The summed E-state index contributed by atoms with van der Waals surface area (Å²) in [5, 5.41) is 5.80. The fourth-order valence-electron chi connectivity index (χ4n) is 2.07. The molecule has 0 spiro atoms. The van der Waals surface area contributed by atoms with Crippen molar-refractivity contribution in [1.82, 2.24) is 15.3 Å². The number of benzene rings is 1. The van der Waals surface area contributed by atoms with Gasteiger partial charge in [-0.25, -0.2) is 14.4 Å². The fourth-order valence-corrected chi connectivity index (χ4v) is 2.07. The molecule has 0 saturated carbocycles. The van der Waals surface area contributed by atoms with Crippen LogP contribution in [0.5, 0.6) is 0 Å². The van der Waals surface area contributed by atoms with Crippen LogP contribution in [0.3, 0.4) is 0 Å². The molecule has 0 fully saturated rings. The number of methoxy groups -OCH3 is 1. The van der Waals surface area contributed by atoms with Gasteiger partial charge >= 0.3 is 0 Å². The topological polar surface area (TPSA) is 76.1 Å². The van der Waals surface area contributed by atoms with Crippen LogP contribution in [0.15, 0.2) is 36.7 Å². The number of ether oxygens (including phenoxy) is 1. The maximum atomic E-state index is 13.5. The van der Waals surface area contributed by atoms with E-state index in [0.717, 1.165) is 13.0 Å². The van der Waals surface area contributed by atoms with Gasteiger partial charge in [-0.3, -0.25) is 4.79 Å². The van der Waals surface area contributed by atoms with Crippen molar-refractivity contribution in [2.75, 3.05) is 32.1 Å². The highest BCUT2D eigenvalue weighted by molar-refractivity contribution is 5.91. The van der Waals surface area contributed by atoms with Crippen LogP contribution < -0.4 is 10.6 Å². The summed E-state index contributed by atoms with van der Waals surface area (Å²) in [6.07, 6.45) is 4.21. The molecule has 1 amide bonds. The van der Waals surface area contributed by atoms with E-state index >= 15 is 0 Å². The number of hydrogen-bond donors (Lipinski definition) is 2. The molecule has 6 nitrogen and oxygen atoms in total. The second kappa shape index (κ2) is 9.57. The van der Waals surface area contributed by atoms with Gasteiger partial charge < -0.3 is 15.4 Å². The Hall–Kier alpha value is -2.54. The number of carbonyl (C=O) groups excluding carboxylic acids is 1. The molecule has 2 N–H and O–H groups in total. The molecule has 1 aromatic heterocycles. The van der Waals surface area contributed by atoms with E-state index in [2.05, 4.69) is 20.6 Å². The summed E-state index contributed by atoms with van der Waals surface area (Å²) < 4.78 is 18.4. The molecule has 0 unspecified atom stereocenters. The maximum Gasteiger partial charge on any atom is 0.271 e. The van der Waals surface area contributed by atoms with Crippen molar-refractivity contribution in [2.24, 2.45) is 0 Å². The molecule has 128 valence electrons. The Balaban J connectivity index is 1.77. The third-order valence-electron chi connectivity index (χ3n) is 3.35. The molecule has 0 aliphatic heterocycles. The average molecular weight is 332 g/mol. The second-order valence-corrected chi connectivity index (χ2v) is 5.16. The predicted octanol–water partition coefficient (Wildman–Crippen LogP) is 2.04. The zero-order valence-corrected chi connectivity index (χ0v) is 13.6. The first kappa shape index (κ1) is 17.8. The highest BCUT2D eigenvalue weighted by Crippen LogP contribution is 2.06. The Bertz CT molecular complexity index is 649. The van der Waals surface area contributed by atoms with E-state index in [-0.39, 0.29) is 17.4 Å². The van der Waals surface area contributed by atoms with Crippen molar-refractivity contribution >= 4 is 11.7 Å². The zero-order valence-electron chi connectivity index (χ0n) is 13.6. The third-order valence-corrected chi connectivity index (χ3v) is 3.35. The molecule has 2 rings (SSSR count). The van der Waals surface area contributed by atoms with Crippen LogP contribution in [0.4, 0.5) is 10.2 Å². The predicted molar refractivity (Wildman–Crippen MR) is 89.5 cm³/mol. The van der Waals surface area contributed by atoms with Gasteiger partial charge in [0.1, 0.15) is 17.3 Å². The molecule has 0 saturated heterocycles. The minimum absolute atomic E-state index is 0.228. The summed E-state index contributed by atoms with van der Waals surface area (Å²) >= 11 is 0. The van der Waals surface area contributed by atoms with Gasteiger partial charge in [-0.1, -0.05) is 18.2 Å². The van der Waals surface area contributed by atoms with E-state index in [9.17, 15) is 9.18 Å². The van der Waals surface area contributed by atoms with Crippen LogP contribution in [-0.4, -0.2) is 42.7 Å². The normalized spacial score (nSPS) is 10.4. The molecule has 0 radical (unpaired) electrons. The first-order valence-corrected chi connectivity index (χ1v) is 7.77. The summed E-state index contributed by atoms with van der Waals surface area (Å²) in [5.41, 5.74) is 0.797. The van der Waals surface area contributed by atoms with Gasteiger partial charge in [0.2, 0.25) is 0 Å². The van der Waals surface area contributed by atoms with Crippen LogP contribution in [0.1, 0.15) is 22.5 Å². The van der Waals surface area contributed by atoms with E-state index < -0.39 is 0 Å². The van der Waals surface area contributed by atoms with Crippen molar-refractivity contribution in [3.8, 4) is 0 Å². The lowest BCUT2D eigenvalue weighted by Gasteiger charge is -2.07. The average Bonchev–Trinajstić information content (AvgIpc) is 2.61. The van der Waals surface area contributed by atoms with Crippen molar-refractivity contribution in [3.63, 3.8) is 0 Å². The molecular weight excluding hydrogens is 311 g/mol. The highest BCUT2D eigenvalue weighted by atomic mass is 19.1. The molecule has 2 aromatic rings. The van der Waals surface area contributed by atoms with E-state index in [1.54, 1.807) is 25.3 Å². The Labute approximate surface area is 140 Å². The summed E-state index contributed by atoms with van der Waals surface area (Å²) in [5.74, 6) is 0.00854. The SMILES string of the molecule is COCCCNc1cnc(C(=O)NCCc2ccccc2F)cn1. The Morgan fingerprint density at radius 1 is 1.21 bits per heavy atom. The van der Waals surface area contributed by atoms with Crippen LogP contribution in [0, 0.1) is 5.82 Å². The largest absolute Gasteiger partial charge is 0.385 e. The highest BCUT2D eigenvalue weighted by Gasteiger charge is 2.08. The zero-order chi connectivity index (χ0) is 17.2. The number of nitrogens with zero attached hydrogens (tertiary/aromatic N) is 2. The quantitative estimate of drug-likeness (QED) is 0.687. The fraction of sp³-hybridized carbons (Fsp3) is 0.353. The maximum absolute atomic E-state index is 13.5. The van der Waals surface area contributed by atoms with Gasteiger partial charge in [-0.05, 0) is 24.5 Å². The number of rotatable bonds is 9. The van der Waals surface area contributed by atoms with Crippen LogP contribution >= 0.6 is 0 Å². The molecule has 24 heavy (non-hydrogen) atoms. The number of nitrogens with one attached hydrogen (secondary N) is 2. The van der Waals surface area contributed by atoms with Crippen LogP contribution in [0.25, 0.3) is 0 Å². The lowest BCUT2D eigenvalue weighted by Crippen LogP contribution is -2.27. The third kappa shape index (κ3) is 5.58. The lowest BCUT2D eigenvalue weighted by atomic mass is 10.1. The lowest BCUT2D eigenvalue weighted by molar-refractivity contribution is 0.0948. The number of halogens is 1. The van der Waals surface area contributed by atoms with E-state index in [1.807, 2.05) is 0 Å². The summed E-state index contributed by atoms with van der Waals surface area (Å²) in [4.78, 5) is 20.2. The molecule has 0 aliphatic rings.